The molecule has 0 fully saturated rings. The Morgan fingerprint density at radius 1 is 1.29 bits per heavy atom. The molecule has 0 aliphatic heterocycles. The average Bonchev–Trinajstić information content (AvgIpc) is 2.31. The van der Waals surface area contributed by atoms with Crippen LogP contribution < -0.4 is 5.73 Å². The van der Waals surface area contributed by atoms with Gasteiger partial charge in [0.05, 0.1) is 0 Å². The first-order valence-corrected chi connectivity index (χ1v) is 6.19. The zero-order chi connectivity index (χ0) is 12.8. The van der Waals surface area contributed by atoms with E-state index in [4.69, 9.17) is 5.73 Å². The standard InChI is InChI=1S/C14H22N2O/c1-4-16(5-2)14(17)10-13(15)12-9-7-6-8-11(12)3/h6-9,13H,4-5,10,15H2,1-3H3. The number of amides is 1. The lowest BCUT2D eigenvalue weighted by atomic mass is 9.99. The molecular weight excluding hydrogens is 212 g/mol. The first-order chi connectivity index (χ1) is 8.10. The Bertz CT molecular complexity index is 372. The Hall–Kier alpha value is -1.35. The van der Waals surface area contributed by atoms with Crippen molar-refractivity contribution in [3.8, 4) is 0 Å². The number of nitrogens with zero attached hydrogens (tertiary/aromatic N) is 1. The highest BCUT2D eigenvalue weighted by Gasteiger charge is 2.16. The second-order valence-electron chi connectivity index (χ2n) is 4.23. The highest BCUT2D eigenvalue weighted by atomic mass is 16.2. The van der Waals surface area contributed by atoms with Crippen LogP contribution in [0.5, 0.6) is 0 Å². The van der Waals surface area contributed by atoms with Gasteiger partial charge in [-0.25, -0.2) is 0 Å². The van der Waals surface area contributed by atoms with E-state index in [1.165, 1.54) is 0 Å². The molecule has 3 heteroatoms. The van der Waals surface area contributed by atoms with Crippen LogP contribution in [-0.2, 0) is 4.79 Å². The van der Waals surface area contributed by atoms with E-state index >= 15 is 0 Å². The maximum Gasteiger partial charge on any atom is 0.224 e. The third-order valence-corrected chi connectivity index (χ3v) is 3.10. The van der Waals surface area contributed by atoms with Crippen LogP contribution >= 0.6 is 0 Å². The third kappa shape index (κ3) is 3.56. The Labute approximate surface area is 104 Å². The molecule has 1 atom stereocenters. The molecular formula is C14H22N2O. The van der Waals surface area contributed by atoms with Crippen LogP contribution in [0.15, 0.2) is 24.3 Å². The number of carbonyl (C=O) groups is 1. The summed E-state index contributed by atoms with van der Waals surface area (Å²) in [5.74, 6) is 0.130. The highest BCUT2D eigenvalue weighted by molar-refractivity contribution is 5.77. The van der Waals surface area contributed by atoms with Crippen LogP contribution in [0.4, 0.5) is 0 Å². The largest absolute Gasteiger partial charge is 0.343 e. The van der Waals surface area contributed by atoms with Gasteiger partial charge in [0.1, 0.15) is 0 Å². The van der Waals surface area contributed by atoms with Crippen molar-refractivity contribution in [3.63, 3.8) is 0 Å². The molecule has 94 valence electrons. The number of hydrogen-bond donors (Lipinski definition) is 1. The van der Waals surface area contributed by atoms with E-state index in [9.17, 15) is 4.79 Å². The van der Waals surface area contributed by atoms with Crippen LogP contribution in [0.3, 0.4) is 0 Å². The molecule has 1 unspecified atom stereocenters. The third-order valence-electron chi connectivity index (χ3n) is 3.10. The van der Waals surface area contributed by atoms with E-state index in [-0.39, 0.29) is 11.9 Å². The van der Waals surface area contributed by atoms with Gasteiger partial charge in [0.25, 0.3) is 0 Å². The lowest BCUT2D eigenvalue weighted by molar-refractivity contribution is -0.131. The van der Waals surface area contributed by atoms with Gasteiger partial charge in [0, 0.05) is 25.6 Å². The monoisotopic (exact) mass is 234 g/mol. The Balaban J connectivity index is 2.70. The van der Waals surface area contributed by atoms with Crippen LogP contribution in [0.1, 0.15) is 37.4 Å². The molecule has 0 aliphatic rings. The molecule has 0 radical (unpaired) electrons. The minimum absolute atomic E-state index is 0.130. The van der Waals surface area contributed by atoms with E-state index in [2.05, 4.69) is 0 Å². The quantitative estimate of drug-likeness (QED) is 0.849. The van der Waals surface area contributed by atoms with Crippen LogP contribution in [0.2, 0.25) is 0 Å². The van der Waals surface area contributed by atoms with Gasteiger partial charge in [0.15, 0.2) is 0 Å². The Morgan fingerprint density at radius 2 is 1.88 bits per heavy atom. The van der Waals surface area contributed by atoms with Gasteiger partial charge in [-0.2, -0.15) is 0 Å². The number of hydrogen-bond acceptors (Lipinski definition) is 2. The van der Waals surface area contributed by atoms with E-state index < -0.39 is 0 Å². The predicted molar refractivity (Wildman–Crippen MR) is 70.7 cm³/mol. The lowest BCUT2D eigenvalue weighted by Crippen LogP contribution is -2.33. The topological polar surface area (TPSA) is 46.3 Å². The first kappa shape index (κ1) is 13.7. The smallest absolute Gasteiger partial charge is 0.224 e. The zero-order valence-corrected chi connectivity index (χ0v) is 10.9. The molecule has 0 aromatic heterocycles. The number of carbonyl (C=O) groups excluding carboxylic acids is 1. The summed E-state index contributed by atoms with van der Waals surface area (Å²) >= 11 is 0. The van der Waals surface area contributed by atoms with Gasteiger partial charge in [-0.3, -0.25) is 4.79 Å². The molecule has 0 saturated heterocycles. The van der Waals surface area contributed by atoms with Crippen LogP contribution in [0.25, 0.3) is 0 Å². The first-order valence-electron chi connectivity index (χ1n) is 6.19. The van der Waals surface area contributed by atoms with Crippen molar-refractivity contribution in [2.75, 3.05) is 13.1 Å². The summed E-state index contributed by atoms with van der Waals surface area (Å²) in [5, 5.41) is 0. The number of nitrogens with two attached hydrogens (primary N) is 1. The van der Waals surface area contributed by atoms with E-state index in [1.54, 1.807) is 0 Å². The van der Waals surface area contributed by atoms with Crippen molar-refractivity contribution in [3.05, 3.63) is 35.4 Å². The molecule has 1 rings (SSSR count). The van der Waals surface area contributed by atoms with E-state index in [0.29, 0.717) is 6.42 Å². The molecule has 1 amide bonds. The summed E-state index contributed by atoms with van der Waals surface area (Å²) in [5.41, 5.74) is 8.31. The summed E-state index contributed by atoms with van der Waals surface area (Å²) in [6, 6.07) is 7.76. The van der Waals surface area contributed by atoms with Crippen LogP contribution in [0, 0.1) is 6.92 Å². The Kier molecular flexibility index (Phi) is 5.16. The van der Waals surface area contributed by atoms with Gasteiger partial charge in [-0.1, -0.05) is 24.3 Å². The maximum absolute atomic E-state index is 11.9. The fourth-order valence-corrected chi connectivity index (χ4v) is 2.01. The molecule has 2 N–H and O–H groups in total. The molecule has 0 heterocycles. The molecule has 1 aromatic carbocycles. The number of aryl methyl sites for hydroxylation is 1. The van der Waals surface area contributed by atoms with Crippen molar-refractivity contribution in [1.82, 2.24) is 4.90 Å². The van der Waals surface area contributed by atoms with Crippen molar-refractivity contribution < 1.29 is 4.79 Å². The van der Waals surface area contributed by atoms with E-state index in [0.717, 1.165) is 24.2 Å². The summed E-state index contributed by atoms with van der Waals surface area (Å²) in [6.07, 6.45) is 0.381. The number of rotatable bonds is 5. The fraction of sp³-hybridized carbons (Fsp3) is 0.500. The minimum Gasteiger partial charge on any atom is -0.343 e. The zero-order valence-electron chi connectivity index (χ0n) is 10.9. The molecule has 0 bridgehead atoms. The van der Waals surface area contributed by atoms with Crippen molar-refractivity contribution in [2.24, 2.45) is 5.73 Å². The van der Waals surface area contributed by atoms with Gasteiger partial charge in [-0.15, -0.1) is 0 Å². The van der Waals surface area contributed by atoms with Crippen LogP contribution in [-0.4, -0.2) is 23.9 Å². The normalized spacial score (nSPS) is 12.2. The predicted octanol–water partition coefficient (Wildman–Crippen LogP) is 2.25. The SMILES string of the molecule is CCN(CC)C(=O)CC(N)c1ccccc1C. The fourth-order valence-electron chi connectivity index (χ4n) is 2.01. The minimum atomic E-state index is -0.204. The van der Waals surface area contributed by atoms with Gasteiger partial charge in [0.2, 0.25) is 5.91 Å². The summed E-state index contributed by atoms with van der Waals surface area (Å²) < 4.78 is 0. The molecule has 0 saturated carbocycles. The summed E-state index contributed by atoms with van der Waals surface area (Å²) in [6.45, 7) is 7.49. The summed E-state index contributed by atoms with van der Waals surface area (Å²) in [4.78, 5) is 13.8. The van der Waals surface area contributed by atoms with Gasteiger partial charge in [-0.05, 0) is 31.9 Å². The van der Waals surface area contributed by atoms with E-state index in [1.807, 2.05) is 49.9 Å². The maximum atomic E-state index is 11.9. The van der Waals surface area contributed by atoms with Gasteiger partial charge >= 0.3 is 0 Å². The van der Waals surface area contributed by atoms with Crippen molar-refractivity contribution >= 4 is 5.91 Å². The van der Waals surface area contributed by atoms with Crippen molar-refractivity contribution in [1.29, 1.82) is 0 Å². The lowest BCUT2D eigenvalue weighted by Gasteiger charge is -2.21. The highest BCUT2D eigenvalue weighted by Crippen LogP contribution is 2.18. The number of benzene rings is 1. The molecule has 0 spiro atoms. The molecule has 3 nitrogen and oxygen atoms in total. The Morgan fingerprint density at radius 3 is 2.41 bits per heavy atom. The van der Waals surface area contributed by atoms with Crippen molar-refractivity contribution in [2.45, 2.75) is 33.2 Å². The summed E-state index contributed by atoms with van der Waals surface area (Å²) in [7, 11) is 0. The van der Waals surface area contributed by atoms with Gasteiger partial charge < -0.3 is 10.6 Å². The molecule has 0 aliphatic carbocycles. The molecule has 1 aromatic rings. The second kappa shape index (κ2) is 6.40. The molecule has 17 heavy (non-hydrogen) atoms. The second-order valence-corrected chi connectivity index (χ2v) is 4.23. The average molecular weight is 234 g/mol.